The monoisotopic (exact) mass is 380 g/mol. The second-order valence-corrected chi connectivity index (χ2v) is 6.62. The highest BCUT2D eigenvalue weighted by molar-refractivity contribution is 5.94. The maximum absolute atomic E-state index is 12.5. The SMILES string of the molecule is COc1cc(C(=O)NCc2ccc(Cn3cncn3)cc2)ccc1OC(C)C. The molecule has 1 amide bonds. The van der Waals surface area contributed by atoms with Crippen LogP contribution >= 0.6 is 0 Å². The first-order chi connectivity index (χ1) is 13.5. The summed E-state index contributed by atoms with van der Waals surface area (Å²) in [7, 11) is 1.56. The Morgan fingerprint density at radius 3 is 2.50 bits per heavy atom. The van der Waals surface area contributed by atoms with Gasteiger partial charge in [-0.25, -0.2) is 9.67 Å². The lowest BCUT2D eigenvalue weighted by Gasteiger charge is -2.14. The van der Waals surface area contributed by atoms with E-state index in [4.69, 9.17) is 9.47 Å². The van der Waals surface area contributed by atoms with Crippen LogP contribution in [-0.2, 0) is 13.1 Å². The van der Waals surface area contributed by atoms with Crippen LogP contribution in [0, 0.1) is 0 Å². The quantitative estimate of drug-likeness (QED) is 0.650. The van der Waals surface area contributed by atoms with Crippen LogP contribution in [0.1, 0.15) is 35.3 Å². The molecule has 0 saturated carbocycles. The summed E-state index contributed by atoms with van der Waals surface area (Å²) in [4.78, 5) is 16.4. The molecule has 0 saturated heterocycles. The van der Waals surface area contributed by atoms with Crippen molar-refractivity contribution in [2.45, 2.75) is 33.0 Å². The number of methoxy groups -OCH3 is 1. The largest absolute Gasteiger partial charge is 0.493 e. The first kappa shape index (κ1) is 19.4. The van der Waals surface area contributed by atoms with Gasteiger partial charge in [0.25, 0.3) is 5.91 Å². The molecule has 0 unspecified atom stereocenters. The van der Waals surface area contributed by atoms with E-state index in [1.807, 2.05) is 38.1 Å². The third kappa shape index (κ3) is 5.09. The number of nitrogens with one attached hydrogen (secondary N) is 1. The molecule has 0 spiro atoms. The molecule has 7 nitrogen and oxygen atoms in total. The standard InChI is InChI=1S/C21H24N4O3/c1-15(2)28-19-9-8-18(10-20(19)27-3)21(26)23-11-16-4-6-17(7-5-16)12-25-14-22-13-24-25/h4-10,13-15H,11-12H2,1-3H3,(H,23,26). The van der Waals surface area contributed by atoms with Crippen molar-refractivity contribution in [3.63, 3.8) is 0 Å². The summed E-state index contributed by atoms with van der Waals surface area (Å²) in [5.41, 5.74) is 2.66. The fraction of sp³-hybridized carbons (Fsp3) is 0.286. The van der Waals surface area contributed by atoms with E-state index in [2.05, 4.69) is 15.4 Å². The smallest absolute Gasteiger partial charge is 0.251 e. The molecule has 1 aromatic heterocycles. The summed E-state index contributed by atoms with van der Waals surface area (Å²) in [6.07, 6.45) is 3.22. The van der Waals surface area contributed by atoms with Gasteiger partial charge in [-0.15, -0.1) is 0 Å². The van der Waals surface area contributed by atoms with E-state index in [1.54, 1.807) is 36.3 Å². The van der Waals surface area contributed by atoms with Gasteiger partial charge in [0.15, 0.2) is 11.5 Å². The van der Waals surface area contributed by atoms with E-state index in [0.717, 1.165) is 11.1 Å². The third-order valence-electron chi connectivity index (χ3n) is 4.08. The number of rotatable bonds is 8. The van der Waals surface area contributed by atoms with Crippen LogP contribution in [0.4, 0.5) is 0 Å². The highest BCUT2D eigenvalue weighted by Gasteiger charge is 2.12. The van der Waals surface area contributed by atoms with Gasteiger partial charge in [0.05, 0.1) is 19.8 Å². The summed E-state index contributed by atoms with van der Waals surface area (Å²) in [5, 5.41) is 7.02. The Bertz CT molecular complexity index is 906. The second kappa shape index (κ2) is 9.03. The number of hydrogen-bond acceptors (Lipinski definition) is 5. The van der Waals surface area contributed by atoms with E-state index < -0.39 is 0 Å². The highest BCUT2D eigenvalue weighted by Crippen LogP contribution is 2.29. The van der Waals surface area contributed by atoms with Crippen LogP contribution in [0.2, 0.25) is 0 Å². The highest BCUT2D eigenvalue weighted by atomic mass is 16.5. The number of ether oxygens (including phenoxy) is 2. The Morgan fingerprint density at radius 1 is 1.11 bits per heavy atom. The zero-order valence-corrected chi connectivity index (χ0v) is 16.3. The lowest BCUT2D eigenvalue weighted by atomic mass is 10.1. The van der Waals surface area contributed by atoms with E-state index >= 15 is 0 Å². The Hall–Kier alpha value is -3.35. The molecule has 3 rings (SSSR count). The molecule has 0 atom stereocenters. The van der Waals surface area contributed by atoms with Gasteiger partial charge in [-0.3, -0.25) is 4.79 Å². The summed E-state index contributed by atoms with van der Waals surface area (Å²) in [6, 6.07) is 13.2. The first-order valence-corrected chi connectivity index (χ1v) is 9.08. The van der Waals surface area contributed by atoms with Crippen molar-refractivity contribution in [1.82, 2.24) is 20.1 Å². The molecule has 146 valence electrons. The van der Waals surface area contributed by atoms with Crippen molar-refractivity contribution in [1.29, 1.82) is 0 Å². The van der Waals surface area contributed by atoms with E-state index in [-0.39, 0.29) is 12.0 Å². The number of hydrogen-bond donors (Lipinski definition) is 1. The molecule has 0 aliphatic carbocycles. The molecule has 2 aromatic carbocycles. The molecule has 28 heavy (non-hydrogen) atoms. The maximum atomic E-state index is 12.5. The zero-order valence-electron chi connectivity index (χ0n) is 16.3. The normalized spacial score (nSPS) is 10.7. The molecular formula is C21H24N4O3. The fourth-order valence-electron chi connectivity index (χ4n) is 2.71. The van der Waals surface area contributed by atoms with Crippen LogP contribution in [0.25, 0.3) is 0 Å². The molecule has 0 radical (unpaired) electrons. The Kier molecular flexibility index (Phi) is 6.26. The third-order valence-corrected chi connectivity index (χ3v) is 4.08. The molecule has 3 aromatic rings. The van der Waals surface area contributed by atoms with Gasteiger partial charge in [-0.2, -0.15) is 5.10 Å². The number of aromatic nitrogens is 3. The topological polar surface area (TPSA) is 78.3 Å². The predicted octanol–water partition coefficient (Wildman–Crippen LogP) is 3.05. The van der Waals surface area contributed by atoms with Gasteiger partial charge in [-0.05, 0) is 43.2 Å². The van der Waals surface area contributed by atoms with Crippen LogP contribution in [0.15, 0.2) is 55.1 Å². The molecule has 1 N–H and O–H groups in total. The van der Waals surface area contributed by atoms with Gasteiger partial charge < -0.3 is 14.8 Å². The van der Waals surface area contributed by atoms with Gasteiger partial charge in [0, 0.05) is 12.1 Å². The van der Waals surface area contributed by atoms with Crippen molar-refractivity contribution in [2.24, 2.45) is 0 Å². The summed E-state index contributed by atoms with van der Waals surface area (Å²) < 4.78 is 12.8. The van der Waals surface area contributed by atoms with Crippen molar-refractivity contribution in [3.05, 3.63) is 71.8 Å². The van der Waals surface area contributed by atoms with Crippen molar-refractivity contribution >= 4 is 5.91 Å². The summed E-state index contributed by atoms with van der Waals surface area (Å²) in [6.45, 7) is 4.99. The first-order valence-electron chi connectivity index (χ1n) is 9.08. The van der Waals surface area contributed by atoms with Crippen molar-refractivity contribution < 1.29 is 14.3 Å². The number of carbonyl (C=O) groups is 1. The average molecular weight is 380 g/mol. The van der Waals surface area contributed by atoms with Gasteiger partial charge in [0.2, 0.25) is 0 Å². The van der Waals surface area contributed by atoms with Crippen LogP contribution in [0.5, 0.6) is 11.5 Å². The Balaban J connectivity index is 1.59. The van der Waals surface area contributed by atoms with Crippen molar-refractivity contribution in [2.75, 3.05) is 7.11 Å². The molecule has 0 bridgehead atoms. The molecule has 0 aliphatic heterocycles. The van der Waals surface area contributed by atoms with Crippen molar-refractivity contribution in [3.8, 4) is 11.5 Å². The lowest BCUT2D eigenvalue weighted by Crippen LogP contribution is -2.22. The van der Waals surface area contributed by atoms with Gasteiger partial charge in [0.1, 0.15) is 12.7 Å². The molecule has 0 aliphatic rings. The molecular weight excluding hydrogens is 356 g/mol. The number of benzene rings is 2. The Morgan fingerprint density at radius 2 is 1.86 bits per heavy atom. The minimum absolute atomic E-state index is 0.0288. The maximum Gasteiger partial charge on any atom is 0.251 e. The molecule has 0 fully saturated rings. The number of amides is 1. The summed E-state index contributed by atoms with van der Waals surface area (Å²) >= 11 is 0. The minimum atomic E-state index is -0.166. The van der Waals surface area contributed by atoms with Gasteiger partial charge >= 0.3 is 0 Å². The van der Waals surface area contributed by atoms with Crippen LogP contribution in [-0.4, -0.2) is 33.9 Å². The van der Waals surface area contributed by atoms with E-state index in [0.29, 0.717) is 30.2 Å². The van der Waals surface area contributed by atoms with Crippen LogP contribution < -0.4 is 14.8 Å². The number of nitrogens with zero attached hydrogens (tertiary/aromatic N) is 3. The van der Waals surface area contributed by atoms with Crippen LogP contribution in [0.3, 0.4) is 0 Å². The molecule has 7 heteroatoms. The fourth-order valence-corrected chi connectivity index (χ4v) is 2.71. The Labute approximate surface area is 164 Å². The van der Waals surface area contributed by atoms with Gasteiger partial charge in [-0.1, -0.05) is 24.3 Å². The predicted molar refractivity (Wildman–Crippen MR) is 105 cm³/mol. The minimum Gasteiger partial charge on any atom is -0.493 e. The number of carbonyl (C=O) groups excluding carboxylic acids is 1. The molecule has 1 heterocycles. The zero-order chi connectivity index (χ0) is 19.9. The lowest BCUT2D eigenvalue weighted by molar-refractivity contribution is 0.0950. The average Bonchev–Trinajstić information content (AvgIpc) is 3.20. The van der Waals surface area contributed by atoms with E-state index in [9.17, 15) is 4.79 Å². The van der Waals surface area contributed by atoms with E-state index in [1.165, 1.54) is 6.33 Å². The summed E-state index contributed by atoms with van der Waals surface area (Å²) in [5.74, 6) is 0.997. The second-order valence-electron chi connectivity index (χ2n) is 6.62.